The first kappa shape index (κ1) is 9.24. The monoisotopic (exact) mass is 180 g/mol. The molecule has 0 unspecified atom stereocenters. The number of nitrogens with zero attached hydrogens (tertiary/aromatic N) is 2. The van der Waals surface area contributed by atoms with E-state index >= 15 is 0 Å². The maximum atomic E-state index is 8.37. The third-order valence-corrected chi connectivity index (χ3v) is 2.37. The SMILES string of the molecule is CN(CCC#N)Cc1ccsc1. The van der Waals surface area contributed by atoms with Crippen molar-refractivity contribution in [2.24, 2.45) is 0 Å². The summed E-state index contributed by atoms with van der Waals surface area (Å²) in [6, 6.07) is 4.26. The Kier molecular flexibility index (Phi) is 3.78. The van der Waals surface area contributed by atoms with E-state index in [0.717, 1.165) is 13.1 Å². The van der Waals surface area contributed by atoms with Crippen LogP contribution in [0, 0.1) is 11.3 Å². The quantitative estimate of drug-likeness (QED) is 0.709. The standard InChI is InChI=1S/C9H12N2S/c1-11(5-2-4-10)7-9-3-6-12-8-9/h3,6,8H,2,5,7H2,1H3. The van der Waals surface area contributed by atoms with Gasteiger partial charge in [0.15, 0.2) is 0 Å². The summed E-state index contributed by atoms with van der Waals surface area (Å²) in [5, 5.41) is 12.6. The van der Waals surface area contributed by atoms with Crippen molar-refractivity contribution in [2.75, 3.05) is 13.6 Å². The van der Waals surface area contributed by atoms with Gasteiger partial charge in [-0.3, -0.25) is 0 Å². The van der Waals surface area contributed by atoms with E-state index in [1.165, 1.54) is 5.56 Å². The van der Waals surface area contributed by atoms with E-state index < -0.39 is 0 Å². The van der Waals surface area contributed by atoms with Crippen LogP contribution in [0.2, 0.25) is 0 Å². The van der Waals surface area contributed by atoms with Crippen molar-refractivity contribution in [3.63, 3.8) is 0 Å². The minimum atomic E-state index is 0.612. The minimum absolute atomic E-state index is 0.612. The summed E-state index contributed by atoms with van der Waals surface area (Å²) in [5.74, 6) is 0. The molecule has 1 rings (SSSR count). The van der Waals surface area contributed by atoms with Gasteiger partial charge in [0.25, 0.3) is 0 Å². The van der Waals surface area contributed by atoms with Crippen molar-refractivity contribution < 1.29 is 0 Å². The number of thiophene rings is 1. The van der Waals surface area contributed by atoms with Crippen LogP contribution >= 0.6 is 11.3 Å². The number of hydrogen-bond acceptors (Lipinski definition) is 3. The normalized spacial score (nSPS) is 10.1. The van der Waals surface area contributed by atoms with Crippen molar-refractivity contribution in [2.45, 2.75) is 13.0 Å². The van der Waals surface area contributed by atoms with Gasteiger partial charge in [0, 0.05) is 19.5 Å². The molecule has 0 bridgehead atoms. The lowest BCUT2D eigenvalue weighted by molar-refractivity contribution is 0.335. The van der Waals surface area contributed by atoms with E-state index in [2.05, 4.69) is 27.8 Å². The predicted octanol–water partition coefficient (Wildman–Crippen LogP) is 2.09. The van der Waals surface area contributed by atoms with E-state index in [1.54, 1.807) is 11.3 Å². The molecule has 0 saturated heterocycles. The van der Waals surface area contributed by atoms with Crippen LogP contribution < -0.4 is 0 Å². The molecule has 0 aliphatic rings. The molecule has 0 aliphatic carbocycles. The van der Waals surface area contributed by atoms with Crippen LogP contribution in [0.1, 0.15) is 12.0 Å². The first-order valence-electron chi connectivity index (χ1n) is 3.89. The summed E-state index contributed by atoms with van der Waals surface area (Å²) in [4.78, 5) is 2.16. The highest BCUT2D eigenvalue weighted by Crippen LogP contribution is 2.08. The summed E-state index contributed by atoms with van der Waals surface area (Å²) in [6.45, 7) is 1.80. The fraction of sp³-hybridized carbons (Fsp3) is 0.444. The molecular formula is C9H12N2S. The Morgan fingerprint density at radius 1 is 1.67 bits per heavy atom. The average molecular weight is 180 g/mol. The molecular weight excluding hydrogens is 168 g/mol. The molecule has 0 radical (unpaired) electrons. The molecule has 12 heavy (non-hydrogen) atoms. The van der Waals surface area contributed by atoms with Gasteiger partial charge in [-0.25, -0.2) is 0 Å². The summed E-state index contributed by atoms with van der Waals surface area (Å²) >= 11 is 1.71. The lowest BCUT2D eigenvalue weighted by Crippen LogP contribution is -2.18. The molecule has 0 aromatic carbocycles. The molecule has 0 fully saturated rings. The van der Waals surface area contributed by atoms with Gasteiger partial charge in [-0.1, -0.05) is 0 Å². The molecule has 1 aromatic rings. The third kappa shape index (κ3) is 3.04. The van der Waals surface area contributed by atoms with Gasteiger partial charge < -0.3 is 4.90 Å². The predicted molar refractivity (Wildman–Crippen MR) is 50.9 cm³/mol. The largest absolute Gasteiger partial charge is 0.301 e. The van der Waals surface area contributed by atoms with Gasteiger partial charge in [0.2, 0.25) is 0 Å². The fourth-order valence-corrected chi connectivity index (χ4v) is 1.67. The Morgan fingerprint density at radius 3 is 3.08 bits per heavy atom. The van der Waals surface area contributed by atoms with Crippen LogP contribution in [-0.4, -0.2) is 18.5 Å². The molecule has 3 heteroatoms. The minimum Gasteiger partial charge on any atom is -0.301 e. The molecule has 1 heterocycles. The van der Waals surface area contributed by atoms with Crippen molar-refractivity contribution in [3.05, 3.63) is 22.4 Å². The average Bonchev–Trinajstić information content (AvgIpc) is 2.53. The second-order valence-electron chi connectivity index (χ2n) is 2.78. The topological polar surface area (TPSA) is 27.0 Å². The number of nitriles is 1. The molecule has 0 saturated carbocycles. The first-order chi connectivity index (χ1) is 5.83. The Bertz CT molecular complexity index is 248. The highest BCUT2D eigenvalue weighted by molar-refractivity contribution is 7.07. The summed E-state index contributed by atoms with van der Waals surface area (Å²) < 4.78 is 0. The summed E-state index contributed by atoms with van der Waals surface area (Å²) in [7, 11) is 2.04. The maximum Gasteiger partial charge on any atom is 0.0635 e. The Labute approximate surface area is 77.0 Å². The second kappa shape index (κ2) is 4.91. The van der Waals surface area contributed by atoms with Crippen LogP contribution in [0.5, 0.6) is 0 Å². The van der Waals surface area contributed by atoms with E-state index in [-0.39, 0.29) is 0 Å². The van der Waals surface area contributed by atoms with E-state index in [1.807, 2.05) is 7.05 Å². The van der Waals surface area contributed by atoms with Gasteiger partial charge in [0.05, 0.1) is 6.07 Å². The smallest absolute Gasteiger partial charge is 0.0635 e. The lowest BCUT2D eigenvalue weighted by atomic mass is 10.3. The van der Waals surface area contributed by atoms with Crippen molar-refractivity contribution >= 4 is 11.3 Å². The molecule has 1 aromatic heterocycles. The summed E-state index contributed by atoms with van der Waals surface area (Å²) in [6.07, 6.45) is 0.612. The fourth-order valence-electron chi connectivity index (χ4n) is 1.01. The number of hydrogen-bond donors (Lipinski definition) is 0. The third-order valence-electron chi connectivity index (χ3n) is 1.64. The van der Waals surface area contributed by atoms with Crippen LogP contribution in [0.25, 0.3) is 0 Å². The Morgan fingerprint density at radius 2 is 2.50 bits per heavy atom. The van der Waals surface area contributed by atoms with Gasteiger partial charge in [-0.2, -0.15) is 16.6 Å². The molecule has 64 valence electrons. The summed E-state index contributed by atoms with van der Waals surface area (Å²) in [5.41, 5.74) is 1.33. The van der Waals surface area contributed by atoms with E-state index in [9.17, 15) is 0 Å². The first-order valence-corrected chi connectivity index (χ1v) is 4.84. The van der Waals surface area contributed by atoms with Gasteiger partial charge in [-0.05, 0) is 29.4 Å². The number of rotatable bonds is 4. The molecule has 0 amide bonds. The van der Waals surface area contributed by atoms with Gasteiger partial charge >= 0.3 is 0 Å². The van der Waals surface area contributed by atoms with Gasteiger partial charge in [0.1, 0.15) is 0 Å². The molecule has 0 atom stereocenters. The molecule has 0 N–H and O–H groups in total. The lowest BCUT2D eigenvalue weighted by Gasteiger charge is -2.12. The highest BCUT2D eigenvalue weighted by atomic mass is 32.1. The van der Waals surface area contributed by atoms with Crippen molar-refractivity contribution in [3.8, 4) is 6.07 Å². The second-order valence-corrected chi connectivity index (χ2v) is 3.56. The van der Waals surface area contributed by atoms with Crippen molar-refractivity contribution in [1.29, 1.82) is 5.26 Å². The molecule has 0 spiro atoms. The zero-order chi connectivity index (χ0) is 8.81. The van der Waals surface area contributed by atoms with E-state index in [4.69, 9.17) is 5.26 Å². The Balaban J connectivity index is 2.28. The zero-order valence-electron chi connectivity index (χ0n) is 7.16. The van der Waals surface area contributed by atoms with Crippen LogP contribution in [0.4, 0.5) is 0 Å². The molecule has 2 nitrogen and oxygen atoms in total. The molecule has 0 aliphatic heterocycles. The Hall–Kier alpha value is -0.850. The van der Waals surface area contributed by atoms with E-state index in [0.29, 0.717) is 6.42 Å². The van der Waals surface area contributed by atoms with Gasteiger partial charge in [-0.15, -0.1) is 0 Å². The van der Waals surface area contributed by atoms with Crippen LogP contribution in [0.3, 0.4) is 0 Å². The maximum absolute atomic E-state index is 8.37. The van der Waals surface area contributed by atoms with Crippen LogP contribution in [0.15, 0.2) is 16.8 Å². The zero-order valence-corrected chi connectivity index (χ0v) is 7.97. The highest BCUT2D eigenvalue weighted by Gasteiger charge is 1.98. The van der Waals surface area contributed by atoms with Crippen LogP contribution in [-0.2, 0) is 6.54 Å². The van der Waals surface area contributed by atoms with Crippen molar-refractivity contribution in [1.82, 2.24) is 4.90 Å².